The quantitative estimate of drug-likeness (QED) is 0.849. The highest BCUT2D eigenvalue weighted by atomic mass is 35.5. The largest absolute Gasteiger partial charge is 0.452 e. The van der Waals surface area contributed by atoms with Crippen LogP contribution in [-0.4, -0.2) is 44.4 Å². The molecule has 8 heteroatoms. The van der Waals surface area contributed by atoms with E-state index in [0.29, 0.717) is 24.2 Å². The molecule has 3 rings (SSSR count). The lowest BCUT2D eigenvalue weighted by Gasteiger charge is -2.20. The van der Waals surface area contributed by atoms with Crippen molar-refractivity contribution in [1.82, 2.24) is 20.3 Å². The topological polar surface area (TPSA) is 95.3 Å². The average Bonchev–Trinajstić information content (AvgIpc) is 3.08. The van der Waals surface area contributed by atoms with E-state index in [1.165, 1.54) is 23.4 Å². The molecule has 1 amide bonds. The molecule has 0 aromatic carbocycles. The number of aromatic nitrogens is 3. The fourth-order valence-electron chi connectivity index (χ4n) is 2.22. The summed E-state index contributed by atoms with van der Waals surface area (Å²) in [6.45, 7) is 0.573. The summed E-state index contributed by atoms with van der Waals surface area (Å²) in [6, 6.07) is 1.51. The molecule has 1 unspecified atom stereocenters. The van der Waals surface area contributed by atoms with Crippen LogP contribution in [0.25, 0.3) is 0 Å². The molecule has 3 heterocycles. The van der Waals surface area contributed by atoms with E-state index in [9.17, 15) is 9.90 Å². The summed E-state index contributed by atoms with van der Waals surface area (Å²) < 4.78 is 4.90. The number of hydrogen-bond acceptors (Lipinski definition) is 5. The summed E-state index contributed by atoms with van der Waals surface area (Å²) in [4.78, 5) is 13.7. The fourth-order valence-corrected chi connectivity index (χ4v) is 2.41. The number of nitrogens with one attached hydrogen (secondary N) is 1. The first-order valence-corrected chi connectivity index (χ1v) is 6.09. The molecule has 1 aliphatic rings. The standard InChI is InChI=1S/C11H11ClN4O3/c12-9-7(1-4-19-9)10(17)16-3-2-11(18,6-16)8-5-13-15-14-8/h1,4-5,18H,2-3,6H2,(H,13,14,15). The van der Waals surface area contributed by atoms with Crippen LogP contribution in [0.1, 0.15) is 22.5 Å². The number of nitrogens with zero attached hydrogens (tertiary/aromatic N) is 3. The van der Waals surface area contributed by atoms with Crippen LogP contribution in [0.3, 0.4) is 0 Å². The lowest BCUT2D eigenvalue weighted by atomic mass is 10.00. The third-order valence-electron chi connectivity index (χ3n) is 3.28. The van der Waals surface area contributed by atoms with Gasteiger partial charge in [0.2, 0.25) is 5.22 Å². The van der Waals surface area contributed by atoms with Crippen LogP contribution in [0.4, 0.5) is 0 Å². The number of furan rings is 1. The van der Waals surface area contributed by atoms with Crippen LogP contribution in [0.5, 0.6) is 0 Å². The van der Waals surface area contributed by atoms with Crippen molar-refractivity contribution < 1.29 is 14.3 Å². The first kappa shape index (κ1) is 12.2. The lowest BCUT2D eigenvalue weighted by Crippen LogP contribution is -2.34. The van der Waals surface area contributed by atoms with E-state index in [-0.39, 0.29) is 17.7 Å². The van der Waals surface area contributed by atoms with E-state index in [2.05, 4.69) is 15.4 Å². The molecular formula is C11H11ClN4O3. The number of likely N-dealkylation sites (tertiary alicyclic amines) is 1. The van der Waals surface area contributed by atoms with Gasteiger partial charge in [-0.15, -0.1) is 0 Å². The predicted molar refractivity (Wildman–Crippen MR) is 64.5 cm³/mol. The number of β-amino-alcohol motifs (C(OH)–C–C–N with tert-alkyl or cyclic N) is 1. The normalized spacial score (nSPS) is 22.9. The van der Waals surface area contributed by atoms with Crippen molar-refractivity contribution in [3.63, 3.8) is 0 Å². The summed E-state index contributed by atoms with van der Waals surface area (Å²) in [5.41, 5.74) is -0.439. The second-order valence-corrected chi connectivity index (χ2v) is 4.81. The Balaban J connectivity index is 1.80. The van der Waals surface area contributed by atoms with E-state index in [0.717, 1.165) is 0 Å². The second-order valence-electron chi connectivity index (χ2n) is 4.47. The first-order valence-electron chi connectivity index (χ1n) is 5.71. The van der Waals surface area contributed by atoms with Gasteiger partial charge in [0.15, 0.2) is 0 Å². The lowest BCUT2D eigenvalue weighted by molar-refractivity contribution is 0.0382. The highest BCUT2D eigenvalue weighted by molar-refractivity contribution is 6.32. The van der Waals surface area contributed by atoms with Crippen LogP contribution in [-0.2, 0) is 5.60 Å². The summed E-state index contributed by atoms with van der Waals surface area (Å²) >= 11 is 5.78. The Labute approximate surface area is 113 Å². The van der Waals surface area contributed by atoms with Gasteiger partial charge in [-0.3, -0.25) is 4.79 Å². The smallest absolute Gasteiger partial charge is 0.258 e. The van der Waals surface area contributed by atoms with Crippen LogP contribution >= 0.6 is 11.6 Å². The number of aromatic amines is 1. The molecule has 100 valence electrons. The molecule has 7 nitrogen and oxygen atoms in total. The Morgan fingerprint density at radius 3 is 3.11 bits per heavy atom. The van der Waals surface area contributed by atoms with Gasteiger partial charge in [0.05, 0.1) is 24.6 Å². The number of rotatable bonds is 2. The maximum atomic E-state index is 12.2. The first-order chi connectivity index (χ1) is 9.10. The fraction of sp³-hybridized carbons (Fsp3) is 0.364. The molecule has 1 saturated heterocycles. The molecule has 0 spiro atoms. The van der Waals surface area contributed by atoms with Crippen molar-refractivity contribution in [1.29, 1.82) is 0 Å². The zero-order chi connectivity index (χ0) is 13.5. The third kappa shape index (κ3) is 2.00. The van der Waals surface area contributed by atoms with Gasteiger partial charge in [-0.25, -0.2) is 0 Å². The van der Waals surface area contributed by atoms with Gasteiger partial charge >= 0.3 is 0 Å². The molecule has 0 radical (unpaired) electrons. The number of halogens is 1. The van der Waals surface area contributed by atoms with Crippen molar-refractivity contribution in [2.45, 2.75) is 12.0 Å². The zero-order valence-electron chi connectivity index (χ0n) is 9.84. The van der Waals surface area contributed by atoms with Crippen molar-refractivity contribution >= 4 is 17.5 Å². The van der Waals surface area contributed by atoms with Gasteiger partial charge in [-0.05, 0) is 17.7 Å². The second kappa shape index (κ2) is 4.36. The minimum Gasteiger partial charge on any atom is -0.452 e. The molecule has 2 N–H and O–H groups in total. The van der Waals surface area contributed by atoms with Gasteiger partial charge in [-0.1, -0.05) is 0 Å². The van der Waals surface area contributed by atoms with Crippen LogP contribution < -0.4 is 0 Å². The molecule has 2 aromatic heterocycles. The van der Waals surface area contributed by atoms with Crippen molar-refractivity contribution in [3.8, 4) is 0 Å². The number of H-pyrrole nitrogens is 1. The summed E-state index contributed by atoms with van der Waals surface area (Å²) in [5, 5.41) is 20.5. The van der Waals surface area contributed by atoms with E-state index >= 15 is 0 Å². The molecule has 0 bridgehead atoms. The van der Waals surface area contributed by atoms with Gasteiger partial charge in [0.1, 0.15) is 11.3 Å². The highest BCUT2D eigenvalue weighted by Gasteiger charge is 2.42. The van der Waals surface area contributed by atoms with Gasteiger partial charge in [-0.2, -0.15) is 15.4 Å². The summed E-state index contributed by atoms with van der Waals surface area (Å²) in [7, 11) is 0. The van der Waals surface area contributed by atoms with Crippen molar-refractivity contribution in [3.05, 3.63) is 35.0 Å². The molecule has 1 atom stereocenters. The molecular weight excluding hydrogens is 272 g/mol. The number of hydrogen-bond donors (Lipinski definition) is 2. The predicted octanol–water partition coefficient (Wildman–Crippen LogP) is 0.785. The monoisotopic (exact) mass is 282 g/mol. The summed E-state index contributed by atoms with van der Waals surface area (Å²) in [5.74, 6) is -0.266. The van der Waals surface area contributed by atoms with Crippen molar-refractivity contribution in [2.75, 3.05) is 13.1 Å². The average molecular weight is 283 g/mol. The maximum Gasteiger partial charge on any atom is 0.258 e. The number of aliphatic hydroxyl groups is 1. The molecule has 2 aromatic rings. The van der Waals surface area contributed by atoms with Gasteiger partial charge in [0.25, 0.3) is 5.91 Å². The molecule has 0 aliphatic carbocycles. The van der Waals surface area contributed by atoms with Crippen molar-refractivity contribution in [2.24, 2.45) is 0 Å². The Morgan fingerprint density at radius 2 is 2.47 bits per heavy atom. The number of amides is 1. The maximum absolute atomic E-state index is 12.2. The minimum atomic E-state index is -1.17. The Morgan fingerprint density at radius 1 is 1.63 bits per heavy atom. The zero-order valence-corrected chi connectivity index (χ0v) is 10.6. The Kier molecular flexibility index (Phi) is 2.79. The number of carbonyl (C=O) groups excluding carboxylic acids is 1. The van der Waals surface area contributed by atoms with Gasteiger partial charge in [0, 0.05) is 13.0 Å². The minimum absolute atomic E-state index is 0.0573. The summed E-state index contributed by atoms with van der Waals surface area (Å²) in [6.07, 6.45) is 3.22. The number of carbonyl (C=O) groups is 1. The van der Waals surface area contributed by atoms with Crippen LogP contribution in [0.15, 0.2) is 22.9 Å². The molecule has 1 fully saturated rings. The molecule has 19 heavy (non-hydrogen) atoms. The highest BCUT2D eigenvalue weighted by Crippen LogP contribution is 2.31. The van der Waals surface area contributed by atoms with E-state index in [1.54, 1.807) is 0 Å². The van der Waals surface area contributed by atoms with E-state index in [4.69, 9.17) is 16.0 Å². The molecule has 0 saturated carbocycles. The SMILES string of the molecule is O=C(c1ccoc1Cl)N1CCC(O)(c2cn[nH]n2)C1. The Bertz CT molecular complexity index is 597. The van der Waals surface area contributed by atoms with Crippen LogP contribution in [0, 0.1) is 0 Å². The van der Waals surface area contributed by atoms with Gasteiger partial charge < -0.3 is 14.4 Å². The van der Waals surface area contributed by atoms with Crippen LogP contribution in [0.2, 0.25) is 5.22 Å². The van der Waals surface area contributed by atoms with E-state index in [1.807, 2.05) is 0 Å². The molecule has 1 aliphatic heterocycles. The Hall–Kier alpha value is -1.86. The third-order valence-corrected chi connectivity index (χ3v) is 3.57. The van der Waals surface area contributed by atoms with E-state index < -0.39 is 5.60 Å².